The first-order chi connectivity index (χ1) is 13.4. The highest BCUT2D eigenvalue weighted by atomic mass is 19.1. The Hall–Kier alpha value is -2.90. The van der Waals surface area contributed by atoms with Crippen molar-refractivity contribution in [3.05, 3.63) is 29.8 Å². The van der Waals surface area contributed by atoms with Crippen LogP contribution in [0.1, 0.15) is 45.1 Å². The fourth-order valence-electron chi connectivity index (χ4n) is 4.20. The van der Waals surface area contributed by atoms with Gasteiger partial charge >= 0.3 is 0 Å². The molecule has 3 aromatic rings. The summed E-state index contributed by atoms with van der Waals surface area (Å²) in [6.45, 7) is 4.42. The Balaban J connectivity index is 1.62. The van der Waals surface area contributed by atoms with Crippen molar-refractivity contribution in [3.63, 3.8) is 0 Å². The van der Waals surface area contributed by atoms with Crippen LogP contribution < -0.4 is 5.32 Å². The van der Waals surface area contributed by atoms with E-state index in [4.69, 9.17) is 5.10 Å². The van der Waals surface area contributed by atoms with Gasteiger partial charge < -0.3 is 5.32 Å². The lowest BCUT2D eigenvalue weighted by molar-refractivity contribution is -0.119. The average molecular weight is 380 g/mol. The smallest absolute Gasteiger partial charge is 0.235 e. The van der Waals surface area contributed by atoms with E-state index in [-0.39, 0.29) is 5.91 Å². The van der Waals surface area contributed by atoms with Crippen molar-refractivity contribution < 1.29 is 9.18 Å². The Labute approximate surface area is 161 Å². The van der Waals surface area contributed by atoms with Gasteiger partial charge in [-0.15, -0.1) is 0 Å². The summed E-state index contributed by atoms with van der Waals surface area (Å²) in [5.41, 5.74) is 1.20. The van der Waals surface area contributed by atoms with Crippen molar-refractivity contribution in [2.45, 2.75) is 51.5 Å². The maximum Gasteiger partial charge on any atom is 0.235 e. The van der Waals surface area contributed by atoms with E-state index in [1.807, 2.05) is 18.5 Å². The maximum absolute atomic E-state index is 13.9. The first-order valence-electron chi connectivity index (χ1n) is 9.65. The molecule has 1 amide bonds. The van der Waals surface area contributed by atoms with Gasteiger partial charge in [-0.25, -0.2) is 24.0 Å². The Bertz CT molecular complexity index is 1100. The number of anilines is 1. The third-order valence-electron chi connectivity index (χ3n) is 5.93. The summed E-state index contributed by atoms with van der Waals surface area (Å²) in [4.78, 5) is 25.4. The number of hydrogen-bond donors (Lipinski definition) is 1. The van der Waals surface area contributed by atoms with Gasteiger partial charge in [0.05, 0.1) is 17.0 Å². The summed E-state index contributed by atoms with van der Waals surface area (Å²) in [6, 6.07) is 1.43. The van der Waals surface area contributed by atoms with Crippen molar-refractivity contribution in [1.82, 2.24) is 24.7 Å². The van der Waals surface area contributed by atoms with Gasteiger partial charge in [0.1, 0.15) is 17.3 Å². The van der Waals surface area contributed by atoms with E-state index in [1.165, 1.54) is 37.9 Å². The monoisotopic (exact) mass is 380 g/mol. The van der Waals surface area contributed by atoms with Gasteiger partial charge in [-0.3, -0.25) is 4.79 Å². The average Bonchev–Trinajstić information content (AvgIpc) is 3.34. The molecule has 0 saturated heterocycles. The van der Waals surface area contributed by atoms with Gasteiger partial charge in [0.2, 0.25) is 5.91 Å². The molecule has 0 unspecified atom stereocenters. The molecule has 1 fully saturated rings. The third-order valence-corrected chi connectivity index (χ3v) is 5.93. The molecule has 8 heteroatoms. The van der Waals surface area contributed by atoms with Crippen LogP contribution in [0.4, 0.5) is 10.2 Å². The number of halogens is 1. The number of pyridine rings is 1. The molecule has 0 bridgehead atoms. The predicted octanol–water partition coefficient (Wildman–Crippen LogP) is 3.45. The summed E-state index contributed by atoms with van der Waals surface area (Å²) in [5, 5.41) is 8.09. The van der Waals surface area contributed by atoms with Crippen molar-refractivity contribution in [3.8, 4) is 11.5 Å². The first kappa shape index (κ1) is 17.2. The van der Waals surface area contributed by atoms with Crippen molar-refractivity contribution in [1.29, 1.82) is 0 Å². The van der Waals surface area contributed by atoms with Gasteiger partial charge in [-0.2, -0.15) is 5.10 Å². The maximum atomic E-state index is 13.9. The second-order valence-electron chi connectivity index (χ2n) is 8.24. The number of carbonyl (C=O) groups excluding carboxylic acids is 1. The van der Waals surface area contributed by atoms with Crippen molar-refractivity contribution >= 4 is 22.8 Å². The Morgan fingerprint density at radius 2 is 2.04 bits per heavy atom. The van der Waals surface area contributed by atoms with E-state index in [1.54, 1.807) is 6.20 Å². The number of rotatable bonds is 3. The van der Waals surface area contributed by atoms with Gasteiger partial charge in [-0.05, 0) is 38.7 Å². The van der Waals surface area contributed by atoms with Crippen LogP contribution >= 0.6 is 0 Å². The highest BCUT2D eigenvalue weighted by Gasteiger charge is 2.40. The molecule has 4 heterocycles. The fraction of sp³-hybridized carbons (Fsp3) is 0.450. The SMILES string of the molecule is CC1(C)C(=O)Nc2nc(-c3nn(CC4CCCC4)c4ncc(F)cc34)ncc21. The van der Waals surface area contributed by atoms with E-state index >= 15 is 0 Å². The minimum Gasteiger partial charge on any atom is -0.310 e. The van der Waals surface area contributed by atoms with Crippen LogP contribution in [0, 0.1) is 11.7 Å². The topological polar surface area (TPSA) is 85.6 Å². The van der Waals surface area contributed by atoms with E-state index in [0.717, 1.165) is 12.1 Å². The minimum atomic E-state index is -0.675. The Morgan fingerprint density at radius 3 is 2.82 bits per heavy atom. The summed E-state index contributed by atoms with van der Waals surface area (Å²) < 4.78 is 15.8. The van der Waals surface area contributed by atoms with E-state index in [2.05, 4.69) is 20.3 Å². The number of aromatic nitrogens is 5. The second kappa shape index (κ2) is 6.05. The minimum absolute atomic E-state index is 0.113. The van der Waals surface area contributed by atoms with Gasteiger partial charge in [-0.1, -0.05) is 12.8 Å². The van der Waals surface area contributed by atoms with Gasteiger partial charge in [0, 0.05) is 18.3 Å². The molecule has 7 nitrogen and oxygen atoms in total. The van der Waals surface area contributed by atoms with E-state index in [0.29, 0.717) is 34.3 Å². The molecule has 1 N–H and O–H groups in total. The number of carbonyl (C=O) groups is 1. The molecule has 0 aromatic carbocycles. The van der Waals surface area contributed by atoms with Crippen LogP contribution in [0.5, 0.6) is 0 Å². The zero-order valence-corrected chi connectivity index (χ0v) is 15.9. The molecule has 144 valence electrons. The normalized spacial score (nSPS) is 18.6. The molecule has 1 aliphatic heterocycles. The molecule has 2 aliphatic rings. The zero-order valence-electron chi connectivity index (χ0n) is 15.9. The summed E-state index contributed by atoms with van der Waals surface area (Å²) >= 11 is 0. The molecule has 1 saturated carbocycles. The number of nitrogens with one attached hydrogen (secondary N) is 1. The summed E-state index contributed by atoms with van der Waals surface area (Å²) in [7, 11) is 0. The highest BCUT2D eigenvalue weighted by Crippen LogP contribution is 2.37. The molecular weight excluding hydrogens is 359 g/mol. The number of fused-ring (bicyclic) bond motifs is 2. The standard InChI is InChI=1S/C20H21FN6O/c1-20(2)14-9-22-17(24-16(14)25-19(20)28)15-13-7-12(21)8-23-18(13)27(26-15)10-11-5-3-4-6-11/h7-9,11H,3-6,10H2,1-2H3,(H,22,24,25,28). The molecule has 1 aliphatic carbocycles. The molecule has 28 heavy (non-hydrogen) atoms. The molecular formula is C20H21FN6O. The third kappa shape index (κ3) is 2.58. The lowest BCUT2D eigenvalue weighted by atomic mass is 9.88. The van der Waals surface area contributed by atoms with Crippen molar-refractivity contribution in [2.24, 2.45) is 5.92 Å². The Morgan fingerprint density at radius 1 is 1.25 bits per heavy atom. The molecule has 5 rings (SSSR count). The summed E-state index contributed by atoms with van der Waals surface area (Å²) in [5.74, 6) is 0.869. The fourth-order valence-corrected chi connectivity index (χ4v) is 4.20. The number of hydrogen-bond acceptors (Lipinski definition) is 5. The largest absolute Gasteiger partial charge is 0.310 e. The quantitative estimate of drug-likeness (QED) is 0.752. The van der Waals surface area contributed by atoms with Crippen LogP contribution in [0.15, 0.2) is 18.5 Å². The van der Waals surface area contributed by atoms with Gasteiger partial charge in [0.15, 0.2) is 11.5 Å². The highest BCUT2D eigenvalue weighted by molar-refractivity contribution is 6.04. The molecule has 3 aromatic heterocycles. The molecule has 0 radical (unpaired) electrons. The number of nitrogens with zero attached hydrogens (tertiary/aromatic N) is 5. The second-order valence-corrected chi connectivity index (χ2v) is 8.24. The van der Waals surface area contributed by atoms with E-state index in [9.17, 15) is 9.18 Å². The van der Waals surface area contributed by atoms with Crippen LogP contribution in [-0.4, -0.2) is 30.6 Å². The predicted molar refractivity (Wildman–Crippen MR) is 102 cm³/mol. The number of amides is 1. The molecule has 0 atom stereocenters. The lowest BCUT2D eigenvalue weighted by Gasteiger charge is -2.13. The van der Waals surface area contributed by atoms with Gasteiger partial charge in [0.25, 0.3) is 0 Å². The Kier molecular flexibility index (Phi) is 3.72. The van der Waals surface area contributed by atoms with Crippen LogP contribution in [0.3, 0.4) is 0 Å². The van der Waals surface area contributed by atoms with Crippen LogP contribution in [0.25, 0.3) is 22.6 Å². The summed E-state index contributed by atoms with van der Waals surface area (Å²) in [6.07, 6.45) is 7.70. The van der Waals surface area contributed by atoms with Crippen molar-refractivity contribution in [2.75, 3.05) is 5.32 Å². The van der Waals surface area contributed by atoms with Crippen LogP contribution in [0.2, 0.25) is 0 Å². The molecule has 0 spiro atoms. The van der Waals surface area contributed by atoms with E-state index < -0.39 is 11.2 Å². The zero-order chi connectivity index (χ0) is 19.5. The first-order valence-corrected chi connectivity index (χ1v) is 9.65. The lowest BCUT2D eigenvalue weighted by Crippen LogP contribution is -2.26. The van der Waals surface area contributed by atoms with Crippen LogP contribution in [-0.2, 0) is 16.8 Å².